The summed E-state index contributed by atoms with van der Waals surface area (Å²) < 4.78 is 0.995. The van der Waals surface area contributed by atoms with Crippen LogP contribution in [0.5, 0.6) is 0 Å². The maximum Gasteiger partial charge on any atom is 0.303 e. The van der Waals surface area contributed by atoms with Crippen molar-refractivity contribution < 1.29 is 14.7 Å². The molecule has 0 bridgehead atoms. The van der Waals surface area contributed by atoms with E-state index in [0.717, 1.165) is 28.6 Å². The van der Waals surface area contributed by atoms with Gasteiger partial charge in [-0.3, -0.25) is 9.59 Å². The molecule has 19 heavy (non-hydrogen) atoms. The number of benzene rings is 1. The molecule has 2 N–H and O–H groups in total. The van der Waals surface area contributed by atoms with Crippen LogP contribution in [0.2, 0.25) is 0 Å². The summed E-state index contributed by atoms with van der Waals surface area (Å²) in [5.74, 6) is -0.940. The number of carbonyl (C=O) groups excluding carboxylic acids is 1. The van der Waals surface area contributed by atoms with Crippen LogP contribution in [0.1, 0.15) is 31.2 Å². The Labute approximate surface area is 120 Å². The number of rotatable bonds is 5. The predicted octanol–water partition coefficient (Wildman–Crippen LogP) is 3.34. The van der Waals surface area contributed by atoms with Crippen molar-refractivity contribution in [2.24, 2.45) is 5.41 Å². The van der Waals surface area contributed by atoms with E-state index in [0.29, 0.717) is 0 Å². The minimum absolute atomic E-state index is 0.0831. The Bertz CT molecular complexity index is 523. The number of nitrogens with one attached hydrogen (secondary N) is 1. The third-order valence-electron chi connectivity index (χ3n) is 3.46. The minimum atomic E-state index is -0.829. The molecule has 1 amide bonds. The van der Waals surface area contributed by atoms with Crippen LogP contribution < -0.4 is 5.32 Å². The summed E-state index contributed by atoms with van der Waals surface area (Å²) >= 11 is 3.40. The maximum absolute atomic E-state index is 11.9. The molecule has 1 fully saturated rings. The van der Waals surface area contributed by atoms with Crippen LogP contribution in [0.4, 0.5) is 5.69 Å². The molecule has 1 aliphatic carbocycles. The van der Waals surface area contributed by atoms with E-state index in [1.54, 1.807) is 0 Å². The molecule has 4 nitrogen and oxygen atoms in total. The van der Waals surface area contributed by atoms with E-state index in [2.05, 4.69) is 21.2 Å². The Morgan fingerprint density at radius 3 is 2.58 bits per heavy atom. The SMILES string of the molecule is Cc1cc(NC(=O)CC2(CC(=O)O)CC2)ccc1Br. The van der Waals surface area contributed by atoms with Gasteiger partial charge >= 0.3 is 5.97 Å². The lowest BCUT2D eigenvalue weighted by molar-refractivity contribution is -0.138. The van der Waals surface area contributed by atoms with Gasteiger partial charge in [0.2, 0.25) is 5.91 Å². The summed E-state index contributed by atoms with van der Waals surface area (Å²) in [5.41, 5.74) is 1.49. The van der Waals surface area contributed by atoms with Gasteiger partial charge in [0.15, 0.2) is 0 Å². The summed E-state index contributed by atoms with van der Waals surface area (Å²) in [4.78, 5) is 22.7. The molecular weight excluding hydrogens is 310 g/mol. The molecule has 2 rings (SSSR count). The second kappa shape index (κ2) is 5.33. The van der Waals surface area contributed by atoms with Crippen LogP contribution >= 0.6 is 15.9 Å². The monoisotopic (exact) mass is 325 g/mol. The second-order valence-corrected chi connectivity index (χ2v) is 6.11. The van der Waals surface area contributed by atoms with Gasteiger partial charge in [-0.2, -0.15) is 0 Å². The lowest BCUT2D eigenvalue weighted by Crippen LogP contribution is -2.19. The van der Waals surface area contributed by atoms with E-state index < -0.39 is 5.97 Å². The molecule has 0 aliphatic heterocycles. The standard InChI is InChI=1S/C14H16BrNO3/c1-9-6-10(2-3-11(9)15)16-12(17)7-14(4-5-14)8-13(18)19/h2-3,6H,4-5,7-8H2,1H3,(H,16,17)(H,18,19). The van der Waals surface area contributed by atoms with E-state index in [4.69, 9.17) is 5.11 Å². The second-order valence-electron chi connectivity index (χ2n) is 5.26. The van der Waals surface area contributed by atoms with Gasteiger partial charge in [-0.15, -0.1) is 0 Å². The molecular formula is C14H16BrNO3. The smallest absolute Gasteiger partial charge is 0.303 e. The number of carboxylic acid groups (broad SMARTS) is 1. The lowest BCUT2D eigenvalue weighted by atomic mass is 9.98. The summed E-state index contributed by atoms with van der Waals surface area (Å²) in [5, 5.41) is 11.6. The zero-order valence-electron chi connectivity index (χ0n) is 10.7. The molecule has 102 valence electrons. The molecule has 1 aromatic carbocycles. The number of amides is 1. The summed E-state index contributed by atoms with van der Waals surface area (Å²) in [6, 6.07) is 5.60. The van der Waals surface area contributed by atoms with E-state index in [-0.39, 0.29) is 24.2 Å². The summed E-state index contributed by atoms with van der Waals surface area (Å²) in [7, 11) is 0. The normalized spacial score (nSPS) is 15.9. The van der Waals surface area contributed by atoms with Crippen LogP contribution in [0, 0.1) is 12.3 Å². The highest BCUT2D eigenvalue weighted by atomic mass is 79.9. The number of aryl methyl sites for hydroxylation is 1. The molecule has 0 saturated heterocycles. The molecule has 0 unspecified atom stereocenters. The van der Waals surface area contributed by atoms with Crippen LogP contribution in [0.25, 0.3) is 0 Å². The van der Waals surface area contributed by atoms with Crippen molar-refractivity contribution >= 4 is 33.5 Å². The average molecular weight is 326 g/mol. The van der Waals surface area contributed by atoms with Crippen molar-refractivity contribution in [2.75, 3.05) is 5.32 Å². The van der Waals surface area contributed by atoms with Crippen molar-refractivity contribution in [3.05, 3.63) is 28.2 Å². The van der Waals surface area contributed by atoms with Gasteiger partial charge in [0.1, 0.15) is 0 Å². The molecule has 0 aromatic heterocycles. The van der Waals surface area contributed by atoms with E-state index in [1.807, 2.05) is 25.1 Å². The Hall–Kier alpha value is -1.36. The van der Waals surface area contributed by atoms with Crippen molar-refractivity contribution in [2.45, 2.75) is 32.6 Å². The number of carbonyl (C=O) groups is 2. The van der Waals surface area contributed by atoms with Gasteiger partial charge in [0, 0.05) is 16.6 Å². The number of aliphatic carboxylic acids is 1. The predicted molar refractivity (Wildman–Crippen MR) is 76.0 cm³/mol. The number of carboxylic acids is 1. The maximum atomic E-state index is 11.9. The molecule has 0 radical (unpaired) electrons. The fraction of sp³-hybridized carbons (Fsp3) is 0.429. The highest BCUT2D eigenvalue weighted by molar-refractivity contribution is 9.10. The topological polar surface area (TPSA) is 66.4 Å². The first kappa shape index (κ1) is 14.1. The van der Waals surface area contributed by atoms with Gasteiger partial charge in [0.05, 0.1) is 6.42 Å². The number of halogens is 1. The number of anilines is 1. The zero-order valence-corrected chi connectivity index (χ0v) is 12.3. The lowest BCUT2D eigenvalue weighted by Gasteiger charge is -2.12. The quantitative estimate of drug-likeness (QED) is 0.872. The molecule has 1 aliphatic rings. The van der Waals surface area contributed by atoms with Gasteiger partial charge in [-0.1, -0.05) is 15.9 Å². The van der Waals surface area contributed by atoms with E-state index in [1.165, 1.54) is 0 Å². The molecule has 5 heteroatoms. The Morgan fingerprint density at radius 1 is 1.37 bits per heavy atom. The number of hydrogen-bond acceptors (Lipinski definition) is 2. The third-order valence-corrected chi connectivity index (χ3v) is 4.35. The number of hydrogen-bond donors (Lipinski definition) is 2. The summed E-state index contributed by atoms with van der Waals surface area (Å²) in [6.07, 6.45) is 2.02. The first-order valence-corrected chi connectivity index (χ1v) is 6.97. The Morgan fingerprint density at radius 2 is 2.05 bits per heavy atom. The van der Waals surface area contributed by atoms with Crippen molar-refractivity contribution in [1.29, 1.82) is 0 Å². The fourth-order valence-corrected chi connectivity index (χ4v) is 2.43. The summed E-state index contributed by atoms with van der Waals surface area (Å²) in [6.45, 7) is 1.95. The van der Waals surface area contributed by atoms with Gasteiger partial charge < -0.3 is 10.4 Å². The van der Waals surface area contributed by atoms with E-state index >= 15 is 0 Å². The molecule has 0 heterocycles. The van der Waals surface area contributed by atoms with Crippen LogP contribution in [0.15, 0.2) is 22.7 Å². The van der Waals surface area contributed by atoms with Crippen molar-refractivity contribution in [1.82, 2.24) is 0 Å². The molecule has 1 saturated carbocycles. The van der Waals surface area contributed by atoms with Gasteiger partial charge in [0.25, 0.3) is 0 Å². The Balaban J connectivity index is 1.94. The van der Waals surface area contributed by atoms with Gasteiger partial charge in [-0.05, 0) is 48.9 Å². The van der Waals surface area contributed by atoms with Crippen LogP contribution in [-0.2, 0) is 9.59 Å². The highest BCUT2D eigenvalue weighted by Gasteiger charge is 2.45. The highest BCUT2D eigenvalue weighted by Crippen LogP contribution is 2.51. The van der Waals surface area contributed by atoms with Crippen LogP contribution in [-0.4, -0.2) is 17.0 Å². The molecule has 1 aromatic rings. The Kier molecular flexibility index (Phi) is 3.94. The average Bonchev–Trinajstić information content (AvgIpc) is 3.01. The van der Waals surface area contributed by atoms with Crippen LogP contribution in [0.3, 0.4) is 0 Å². The first-order chi connectivity index (χ1) is 8.90. The zero-order chi connectivity index (χ0) is 14.0. The van der Waals surface area contributed by atoms with E-state index in [9.17, 15) is 9.59 Å². The molecule has 0 atom stereocenters. The molecule has 0 spiro atoms. The third kappa shape index (κ3) is 3.80. The van der Waals surface area contributed by atoms with Gasteiger partial charge in [-0.25, -0.2) is 0 Å². The largest absolute Gasteiger partial charge is 0.481 e. The van der Waals surface area contributed by atoms with Crippen molar-refractivity contribution in [3.8, 4) is 0 Å². The minimum Gasteiger partial charge on any atom is -0.481 e. The fourth-order valence-electron chi connectivity index (χ4n) is 2.18. The van der Waals surface area contributed by atoms with Crippen molar-refractivity contribution in [3.63, 3.8) is 0 Å². The first-order valence-electron chi connectivity index (χ1n) is 6.18.